The third-order valence-electron chi connectivity index (χ3n) is 4.25. The molecule has 35 heavy (non-hydrogen) atoms. The highest BCUT2D eigenvalue weighted by Gasteiger charge is 2.29. The van der Waals surface area contributed by atoms with Crippen LogP contribution in [0.2, 0.25) is 10.0 Å². The Bertz CT molecular complexity index is 1100. The molecule has 0 saturated heterocycles. The van der Waals surface area contributed by atoms with E-state index in [9.17, 15) is 13.2 Å². The van der Waals surface area contributed by atoms with E-state index in [1.165, 1.54) is 12.1 Å². The Kier molecular flexibility index (Phi) is 10.9. The molecule has 2 N–H and O–H groups in total. The second-order valence-electron chi connectivity index (χ2n) is 6.88. The van der Waals surface area contributed by atoms with Crippen LogP contribution >= 0.6 is 35.0 Å². The minimum atomic E-state index is -4.35. The van der Waals surface area contributed by atoms with Gasteiger partial charge >= 0.3 is 18.1 Å². The van der Waals surface area contributed by atoms with Gasteiger partial charge in [-0.3, -0.25) is 0 Å². The predicted molar refractivity (Wildman–Crippen MR) is 125 cm³/mol. The highest BCUT2D eigenvalue weighted by Crippen LogP contribution is 2.30. The first-order valence-corrected chi connectivity index (χ1v) is 11.5. The van der Waals surface area contributed by atoms with Crippen LogP contribution in [0.4, 0.5) is 13.2 Å². The third-order valence-corrected chi connectivity index (χ3v) is 6.12. The first-order valence-electron chi connectivity index (χ1n) is 9.73. The topological polar surface area (TPSA) is 102 Å². The molecule has 0 saturated carbocycles. The molecule has 1 unspecified atom stereocenters. The molecule has 0 amide bonds. The van der Waals surface area contributed by atoms with Crippen LogP contribution in [0.25, 0.3) is 0 Å². The van der Waals surface area contributed by atoms with Gasteiger partial charge in [0, 0.05) is 23.0 Å². The smallest absolute Gasteiger partial charge is 0.416 e. The zero-order chi connectivity index (χ0) is 26.0. The van der Waals surface area contributed by atoms with Gasteiger partial charge in [-0.25, -0.2) is 14.6 Å². The van der Waals surface area contributed by atoms with Gasteiger partial charge in [-0.1, -0.05) is 35.3 Å². The molecule has 188 valence electrons. The molecule has 7 nitrogen and oxygen atoms in total. The summed E-state index contributed by atoms with van der Waals surface area (Å²) in [6, 6.07) is 10.4. The van der Waals surface area contributed by atoms with Gasteiger partial charge in [-0.2, -0.15) is 13.2 Å². The highest BCUT2D eigenvalue weighted by molar-refractivity contribution is 7.99. The van der Waals surface area contributed by atoms with E-state index in [1.807, 2.05) is 16.8 Å². The molecule has 3 aromatic rings. The summed E-state index contributed by atoms with van der Waals surface area (Å²) < 4.78 is 46.0. The number of rotatable bonds is 8. The summed E-state index contributed by atoms with van der Waals surface area (Å²) in [5, 5.41) is 15.8. The minimum Gasteiger partial charge on any atom is -0.473 e. The van der Waals surface area contributed by atoms with Gasteiger partial charge < -0.3 is 19.5 Å². The number of aliphatic carboxylic acids is 2. The molecular weight excluding hydrogens is 532 g/mol. The van der Waals surface area contributed by atoms with E-state index in [0.717, 1.165) is 17.0 Å². The first-order chi connectivity index (χ1) is 16.5. The van der Waals surface area contributed by atoms with E-state index >= 15 is 0 Å². The van der Waals surface area contributed by atoms with Crippen LogP contribution in [-0.2, 0) is 33.7 Å². The number of thioether (sulfide) groups is 1. The van der Waals surface area contributed by atoms with Crippen molar-refractivity contribution in [3.63, 3.8) is 0 Å². The van der Waals surface area contributed by atoms with Crippen LogP contribution in [0.1, 0.15) is 11.1 Å². The molecule has 3 rings (SSSR count). The van der Waals surface area contributed by atoms with Crippen LogP contribution in [0.5, 0.6) is 0 Å². The highest BCUT2D eigenvalue weighted by atomic mass is 35.5. The maximum Gasteiger partial charge on any atom is 0.416 e. The number of ether oxygens (including phenoxy) is 1. The van der Waals surface area contributed by atoms with E-state index in [-0.39, 0.29) is 12.7 Å². The average molecular weight is 551 g/mol. The fraction of sp³-hybridized carbons (Fsp3) is 0.227. The molecule has 0 aliphatic heterocycles. The fourth-order valence-electron chi connectivity index (χ4n) is 2.54. The molecule has 0 fully saturated rings. The Morgan fingerprint density at radius 3 is 2.23 bits per heavy atom. The van der Waals surface area contributed by atoms with Crippen molar-refractivity contribution in [3.05, 3.63) is 82.4 Å². The van der Waals surface area contributed by atoms with Crippen molar-refractivity contribution in [1.29, 1.82) is 0 Å². The monoisotopic (exact) mass is 550 g/mol. The predicted octanol–water partition coefficient (Wildman–Crippen LogP) is 5.74. The molecule has 1 atom stereocenters. The van der Waals surface area contributed by atoms with Gasteiger partial charge in [0.15, 0.2) is 0 Å². The van der Waals surface area contributed by atoms with Crippen LogP contribution in [0.15, 0.2) is 66.1 Å². The number of carboxylic acid groups (broad SMARTS) is 2. The number of hydrogen-bond donors (Lipinski definition) is 2. The van der Waals surface area contributed by atoms with E-state index < -0.39 is 23.7 Å². The van der Waals surface area contributed by atoms with Crippen LogP contribution in [0, 0.1) is 0 Å². The number of nitrogens with zero attached hydrogens (tertiary/aromatic N) is 2. The molecule has 0 spiro atoms. The molecule has 2 aromatic carbocycles. The molecule has 0 aliphatic carbocycles. The Labute approximate surface area is 212 Å². The van der Waals surface area contributed by atoms with Gasteiger partial charge in [-0.05, 0) is 35.9 Å². The summed E-state index contributed by atoms with van der Waals surface area (Å²) in [6.45, 7) is 0.772. The van der Waals surface area contributed by atoms with Gasteiger partial charge in [0.1, 0.15) is 0 Å². The number of carboxylic acids is 2. The zero-order valence-electron chi connectivity index (χ0n) is 17.8. The lowest BCUT2D eigenvalue weighted by molar-refractivity contribution is -0.159. The van der Waals surface area contributed by atoms with Gasteiger partial charge in [0.2, 0.25) is 0 Å². The van der Waals surface area contributed by atoms with E-state index in [0.29, 0.717) is 27.9 Å². The summed E-state index contributed by atoms with van der Waals surface area (Å²) in [5.41, 5.74) is -0.000411. The van der Waals surface area contributed by atoms with Gasteiger partial charge in [0.05, 0.1) is 41.2 Å². The Hall–Kier alpha value is -2.73. The molecule has 0 aliphatic rings. The van der Waals surface area contributed by atoms with Crippen LogP contribution in [-0.4, -0.2) is 43.6 Å². The second kappa shape index (κ2) is 13.4. The lowest BCUT2D eigenvalue weighted by Crippen LogP contribution is -2.22. The summed E-state index contributed by atoms with van der Waals surface area (Å²) in [7, 11) is 0. The third kappa shape index (κ3) is 10.2. The van der Waals surface area contributed by atoms with Crippen molar-refractivity contribution in [3.8, 4) is 0 Å². The standard InChI is InChI=1S/C20H17Cl2F3N2OS.C2H2O4/c21-18-6-5-17(9-19(18)22)29-12-16(10-27-8-7-26-13-27)28-11-14-1-3-15(4-2-14)20(23,24)25;3-1(4)2(5)6/h1-9,13,16H,10-12H2;(H,3,4)(H,5,6). The normalized spacial score (nSPS) is 11.9. The summed E-state index contributed by atoms with van der Waals surface area (Å²) >= 11 is 13.6. The number of aromatic nitrogens is 2. The lowest BCUT2D eigenvalue weighted by atomic mass is 10.1. The van der Waals surface area contributed by atoms with Crippen molar-refractivity contribution in [2.45, 2.75) is 30.3 Å². The van der Waals surface area contributed by atoms with Crippen LogP contribution < -0.4 is 0 Å². The first kappa shape index (κ1) is 28.5. The van der Waals surface area contributed by atoms with E-state index in [4.69, 9.17) is 47.7 Å². The Morgan fingerprint density at radius 2 is 1.71 bits per heavy atom. The minimum absolute atomic E-state index is 0.189. The molecular formula is C22H19Cl2F3N2O5S. The fourth-order valence-corrected chi connectivity index (χ4v) is 3.85. The number of carbonyl (C=O) groups is 2. The van der Waals surface area contributed by atoms with Gasteiger partial charge in [-0.15, -0.1) is 11.8 Å². The number of halogens is 5. The molecule has 0 bridgehead atoms. The molecule has 0 radical (unpaired) electrons. The van der Waals surface area contributed by atoms with E-state index in [2.05, 4.69) is 4.98 Å². The Morgan fingerprint density at radius 1 is 1.06 bits per heavy atom. The Balaban J connectivity index is 0.000000641. The largest absolute Gasteiger partial charge is 0.473 e. The summed E-state index contributed by atoms with van der Waals surface area (Å²) in [4.78, 5) is 23.2. The lowest BCUT2D eigenvalue weighted by Gasteiger charge is -2.19. The summed E-state index contributed by atoms with van der Waals surface area (Å²) in [6.07, 6.45) is 0.668. The van der Waals surface area contributed by atoms with Crippen molar-refractivity contribution >= 4 is 46.9 Å². The zero-order valence-corrected chi connectivity index (χ0v) is 20.1. The number of imidazole rings is 1. The maximum absolute atomic E-state index is 12.7. The van der Waals surface area contributed by atoms with Crippen molar-refractivity contribution < 1.29 is 37.7 Å². The van der Waals surface area contributed by atoms with Crippen molar-refractivity contribution in [2.24, 2.45) is 0 Å². The SMILES string of the molecule is FC(F)(F)c1ccc(COC(CSc2ccc(Cl)c(Cl)c2)Cn2ccnc2)cc1.O=C(O)C(=O)O. The second-order valence-corrected chi connectivity index (χ2v) is 8.79. The van der Waals surface area contributed by atoms with Crippen LogP contribution in [0.3, 0.4) is 0 Å². The number of alkyl halides is 3. The quantitative estimate of drug-likeness (QED) is 0.272. The number of benzene rings is 2. The number of hydrogen-bond acceptors (Lipinski definition) is 5. The van der Waals surface area contributed by atoms with Gasteiger partial charge in [0.25, 0.3) is 0 Å². The molecule has 13 heteroatoms. The maximum atomic E-state index is 12.7. The van der Waals surface area contributed by atoms with Crippen molar-refractivity contribution in [2.75, 3.05) is 5.75 Å². The molecule has 1 heterocycles. The summed E-state index contributed by atoms with van der Waals surface area (Å²) in [5.74, 6) is -3.03. The van der Waals surface area contributed by atoms with E-state index in [1.54, 1.807) is 36.4 Å². The van der Waals surface area contributed by atoms with Crippen molar-refractivity contribution in [1.82, 2.24) is 9.55 Å². The average Bonchev–Trinajstić information content (AvgIpc) is 3.31. The molecule has 1 aromatic heterocycles.